The monoisotopic (exact) mass is 413 g/mol. The zero-order valence-corrected chi connectivity index (χ0v) is 13.6. The molecular formula is C14H12IN3O4. The van der Waals surface area contributed by atoms with Crippen LogP contribution in [0.25, 0.3) is 0 Å². The van der Waals surface area contributed by atoms with Crippen LogP contribution in [0.5, 0.6) is 0 Å². The maximum absolute atomic E-state index is 12.1. The molecule has 0 spiro atoms. The molecule has 3 rings (SSSR count). The number of urea groups is 1. The van der Waals surface area contributed by atoms with E-state index in [9.17, 15) is 19.2 Å². The number of halogens is 1. The molecule has 0 radical (unpaired) electrons. The number of imide groups is 2. The SMILES string of the molecule is O=C(CN1C(=O)C(=O)N(C2CC2)C1=O)Nc1ccccc1I. The van der Waals surface area contributed by atoms with Crippen molar-refractivity contribution in [2.75, 3.05) is 11.9 Å². The Bertz CT molecular complexity index is 686. The summed E-state index contributed by atoms with van der Waals surface area (Å²) in [5.74, 6) is -2.29. The van der Waals surface area contributed by atoms with Gasteiger partial charge in [0, 0.05) is 9.61 Å². The van der Waals surface area contributed by atoms with Crippen molar-refractivity contribution in [1.29, 1.82) is 0 Å². The van der Waals surface area contributed by atoms with Gasteiger partial charge in [0.1, 0.15) is 6.54 Å². The third-order valence-corrected chi connectivity index (χ3v) is 4.39. The summed E-state index contributed by atoms with van der Waals surface area (Å²) in [4.78, 5) is 49.4. The highest BCUT2D eigenvalue weighted by Gasteiger charge is 2.51. The zero-order chi connectivity index (χ0) is 15.9. The lowest BCUT2D eigenvalue weighted by molar-refractivity contribution is -0.143. The van der Waals surface area contributed by atoms with Gasteiger partial charge in [0.2, 0.25) is 5.91 Å². The molecule has 114 valence electrons. The Kier molecular flexibility index (Phi) is 3.85. The molecule has 2 aliphatic rings. The molecule has 8 heteroatoms. The Morgan fingerprint density at radius 3 is 2.50 bits per heavy atom. The van der Waals surface area contributed by atoms with Crippen molar-refractivity contribution in [3.8, 4) is 0 Å². The van der Waals surface area contributed by atoms with Crippen molar-refractivity contribution in [2.45, 2.75) is 18.9 Å². The molecule has 0 unspecified atom stereocenters. The van der Waals surface area contributed by atoms with Crippen LogP contribution in [0.1, 0.15) is 12.8 Å². The normalized spacial score (nSPS) is 18.1. The van der Waals surface area contributed by atoms with E-state index in [2.05, 4.69) is 27.9 Å². The van der Waals surface area contributed by atoms with Gasteiger partial charge in [-0.15, -0.1) is 0 Å². The molecule has 1 saturated heterocycles. The second-order valence-electron chi connectivity index (χ2n) is 5.11. The van der Waals surface area contributed by atoms with E-state index in [1.807, 2.05) is 12.1 Å². The van der Waals surface area contributed by atoms with Gasteiger partial charge >= 0.3 is 17.8 Å². The summed E-state index contributed by atoms with van der Waals surface area (Å²) >= 11 is 2.07. The molecule has 1 aromatic rings. The summed E-state index contributed by atoms with van der Waals surface area (Å²) < 4.78 is 0.836. The van der Waals surface area contributed by atoms with Gasteiger partial charge in [-0.2, -0.15) is 0 Å². The van der Waals surface area contributed by atoms with E-state index in [1.54, 1.807) is 12.1 Å². The van der Waals surface area contributed by atoms with Crippen molar-refractivity contribution in [2.24, 2.45) is 0 Å². The smallest absolute Gasteiger partial charge is 0.324 e. The van der Waals surface area contributed by atoms with Crippen molar-refractivity contribution in [3.63, 3.8) is 0 Å². The zero-order valence-electron chi connectivity index (χ0n) is 11.4. The predicted molar refractivity (Wildman–Crippen MR) is 84.8 cm³/mol. The maximum Gasteiger partial charge on any atom is 0.334 e. The number of hydrogen-bond acceptors (Lipinski definition) is 4. The number of para-hydroxylation sites is 1. The Balaban J connectivity index is 1.69. The number of benzene rings is 1. The van der Waals surface area contributed by atoms with Gasteiger partial charge in [-0.1, -0.05) is 12.1 Å². The summed E-state index contributed by atoms with van der Waals surface area (Å²) in [6.45, 7) is -0.461. The maximum atomic E-state index is 12.1. The van der Waals surface area contributed by atoms with Gasteiger partial charge in [0.15, 0.2) is 0 Å². The quantitative estimate of drug-likeness (QED) is 0.457. The molecule has 7 nitrogen and oxygen atoms in total. The van der Waals surface area contributed by atoms with Crippen LogP contribution in [0.2, 0.25) is 0 Å². The molecule has 1 saturated carbocycles. The molecule has 1 aromatic carbocycles. The molecular weight excluding hydrogens is 401 g/mol. The Hall–Kier alpha value is -1.97. The Morgan fingerprint density at radius 1 is 1.18 bits per heavy atom. The molecule has 1 aliphatic heterocycles. The fourth-order valence-electron chi connectivity index (χ4n) is 2.21. The molecule has 1 aliphatic carbocycles. The van der Waals surface area contributed by atoms with Gasteiger partial charge in [-0.25, -0.2) is 9.69 Å². The average molecular weight is 413 g/mol. The van der Waals surface area contributed by atoms with E-state index in [-0.39, 0.29) is 6.04 Å². The van der Waals surface area contributed by atoms with Gasteiger partial charge < -0.3 is 5.32 Å². The lowest BCUT2D eigenvalue weighted by atomic mass is 10.3. The Morgan fingerprint density at radius 2 is 1.86 bits per heavy atom. The standard InChI is InChI=1S/C14H12IN3O4/c15-9-3-1-2-4-10(9)16-11(19)7-17-12(20)13(21)18(14(17)22)8-5-6-8/h1-4,8H,5-7H2,(H,16,19). The van der Waals surface area contributed by atoms with Gasteiger partial charge in [-0.05, 0) is 47.6 Å². The number of carbonyl (C=O) groups excluding carboxylic acids is 4. The van der Waals surface area contributed by atoms with Gasteiger partial charge in [0.25, 0.3) is 0 Å². The van der Waals surface area contributed by atoms with Gasteiger partial charge in [0.05, 0.1) is 5.69 Å². The molecule has 1 N–H and O–H groups in total. The van der Waals surface area contributed by atoms with Crippen molar-refractivity contribution >= 4 is 52.0 Å². The number of hydrogen-bond donors (Lipinski definition) is 1. The number of amides is 5. The molecule has 5 amide bonds. The fourth-order valence-corrected chi connectivity index (χ4v) is 2.73. The number of rotatable bonds is 4. The van der Waals surface area contributed by atoms with Gasteiger partial charge in [-0.3, -0.25) is 19.3 Å². The van der Waals surface area contributed by atoms with Crippen LogP contribution in [-0.2, 0) is 14.4 Å². The lowest BCUT2D eigenvalue weighted by Gasteiger charge is -2.15. The predicted octanol–water partition coefficient (Wildman–Crippen LogP) is 1.18. The number of nitrogens with one attached hydrogen (secondary N) is 1. The highest BCUT2D eigenvalue weighted by atomic mass is 127. The topological polar surface area (TPSA) is 86.8 Å². The van der Waals surface area contributed by atoms with Crippen molar-refractivity contribution in [3.05, 3.63) is 27.8 Å². The minimum Gasteiger partial charge on any atom is -0.324 e. The molecule has 0 bridgehead atoms. The molecule has 2 fully saturated rings. The third kappa shape index (κ3) is 2.70. The highest BCUT2D eigenvalue weighted by Crippen LogP contribution is 2.31. The molecule has 1 heterocycles. The number of anilines is 1. The van der Waals surface area contributed by atoms with Crippen molar-refractivity contribution < 1.29 is 19.2 Å². The van der Waals surface area contributed by atoms with Crippen LogP contribution in [-0.4, -0.2) is 46.1 Å². The number of nitrogens with zero attached hydrogens (tertiary/aromatic N) is 2. The van der Waals surface area contributed by atoms with E-state index in [0.29, 0.717) is 23.4 Å². The first-order valence-corrected chi connectivity index (χ1v) is 7.80. The summed E-state index contributed by atoms with van der Waals surface area (Å²) in [6, 6.07) is 6.25. The highest BCUT2D eigenvalue weighted by molar-refractivity contribution is 14.1. The first-order chi connectivity index (χ1) is 10.5. The van der Waals surface area contributed by atoms with Crippen LogP contribution in [0.15, 0.2) is 24.3 Å². The van der Waals surface area contributed by atoms with E-state index in [4.69, 9.17) is 0 Å². The summed E-state index contributed by atoms with van der Waals surface area (Å²) in [5, 5.41) is 2.63. The summed E-state index contributed by atoms with van der Waals surface area (Å²) in [7, 11) is 0. The van der Waals surface area contributed by atoms with Crippen LogP contribution in [0.4, 0.5) is 10.5 Å². The van der Waals surface area contributed by atoms with E-state index >= 15 is 0 Å². The van der Waals surface area contributed by atoms with Crippen LogP contribution >= 0.6 is 22.6 Å². The van der Waals surface area contributed by atoms with E-state index in [0.717, 1.165) is 8.47 Å². The van der Waals surface area contributed by atoms with Crippen LogP contribution in [0, 0.1) is 3.57 Å². The second kappa shape index (κ2) is 5.67. The van der Waals surface area contributed by atoms with E-state index < -0.39 is 30.3 Å². The lowest BCUT2D eigenvalue weighted by Crippen LogP contribution is -2.39. The first-order valence-electron chi connectivity index (χ1n) is 6.72. The average Bonchev–Trinajstić information content (AvgIpc) is 3.28. The molecule has 0 atom stereocenters. The van der Waals surface area contributed by atoms with E-state index in [1.165, 1.54) is 0 Å². The number of carbonyl (C=O) groups is 4. The largest absolute Gasteiger partial charge is 0.334 e. The first kappa shape index (κ1) is 14.9. The molecule has 0 aromatic heterocycles. The van der Waals surface area contributed by atoms with Crippen LogP contribution < -0.4 is 5.32 Å². The third-order valence-electron chi connectivity index (χ3n) is 3.45. The Labute approximate surface area is 139 Å². The minimum absolute atomic E-state index is 0.188. The van der Waals surface area contributed by atoms with Crippen molar-refractivity contribution in [1.82, 2.24) is 9.80 Å². The summed E-state index contributed by atoms with van der Waals surface area (Å²) in [6.07, 6.45) is 1.43. The minimum atomic E-state index is -0.935. The summed E-state index contributed by atoms with van der Waals surface area (Å²) in [5.41, 5.74) is 0.595. The molecule has 22 heavy (non-hydrogen) atoms. The fraction of sp³-hybridized carbons (Fsp3) is 0.286. The van der Waals surface area contributed by atoms with Crippen LogP contribution in [0.3, 0.4) is 0 Å². The second-order valence-corrected chi connectivity index (χ2v) is 6.27.